The minimum atomic E-state index is 0.328. The fraction of sp³-hybridized carbons (Fsp3) is 0.385. The summed E-state index contributed by atoms with van der Waals surface area (Å²) >= 11 is 0. The van der Waals surface area contributed by atoms with Gasteiger partial charge < -0.3 is 5.32 Å². The first-order valence-corrected chi connectivity index (χ1v) is 5.90. The maximum absolute atomic E-state index is 4.29. The SMILES string of the molecule is C[C@H](NCc1ccccn1)[C@H](C)n1cccn1. The van der Waals surface area contributed by atoms with Gasteiger partial charge in [0.2, 0.25) is 0 Å². The molecule has 0 aliphatic carbocycles. The highest BCUT2D eigenvalue weighted by atomic mass is 15.3. The second-order valence-corrected chi connectivity index (χ2v) is 4.22. The lowest BCUT2D eigenvalue weighted by molar-refractivity contribution is 0.364. The molecular formula is C13H18N4. The molecule has 0 fully saturated rings. The Morgan fingerprint density at radius 2 is 2.12 bits per heavy atom. The van der Waals surface area contributed by atoms with E-state index in [4.69, 9.17) is 0 Å². The van der Waals surface area contributed by atoms with Crippen molar-refractivity contribution in [1.82, 2.24) is 20.1 Å². The van der Waals surface area contributed by atoms with Gasteiger partial charge in [-0.15, -0.1) is 0 Å². The van der Waals surface area contributed by atoms with Crippen LogP contribution in [-0.2, 0) is 6.54 Å². The number of pyridine rings is 1. The number of hydrogen-bond acceptors (Lipinski definition) is 3. The quantitative estimate of drug-likeness (QED) is 0.854. The van der Waals surface area contributed by atoms with Crippen molar-refractivity contribution in [3.63, 3.8) is 0 Å². The maximum atomic E-state index is 4.29. The van der Waals surface area contributed by atoms with Crippen LogP contribution in [0.1, 0.15) is 25.6 Å². The smallest absolute Gasteiger partial charge is 0.0641 e. The number of nitrogens with one attached hydrogen (secondary N) is 1. The first-order valence-electron chi connectivity index (χ1n) is 5.90. The van der Waals surface area contributed by atoms with Gasteiger partial charge in [-0.05, 0) is 32.0 Å². The monoisotopic (exact) mass is 230 g/mol. The second kappa shape index (κ2) is 5.59. The van der Waals surface area contributed by atoms with Gasteiger partial charge >= 0.3 is 0 Å². The third-order valence-electron chi connectivity index (χ3n) is 3.00. The molecule has 2 heterocycles. The normalized spacial score (nSPS) is 14.5. The highest BCUT2D eigenvalue weighted by Gasteiger charge is 2.13. The van der Waals surface area contributed by atoms with Crippen LogP contribution in [0.4, 0.5) is 0 Å². The molecule has 90 valence electrons. The Balaban J connectivity index is 1.87. The lowest BCUT2D eigenvalue weighted by Gasteiger charge is -2.21. The van der Waals surface area contributed by atoms with Gasteiger partial charge in [0.25, 0.3) is 0 Å². The molecule has 17 heavy (non-hydrogen) atoms. The molecule has 0 unspecified atom stereocenters. The van der Waals surface area contributed by atoms with Crippen LogP contribution in [0.2, 0.25) is 0 Å². The van der Waals surface area contributed by atoms with Crippen molar-refractivity contribution < 1.29 is 0 Å². The van der Waals surface area contributed by atoms with Crippen molar-refractivity contribution in [1.29, 1.82) is 0 Å². The molecule has 4 nitrogen and oxygen atoms in total. The van der Waals surface area contributed by atoms with Crippen LogP contribution in [0.3, 0.4) is 0 Å². The fourth-order valence-electron chi connectivity index (χ4n) is 1.69. The topological polar surface area (TPSA) is 42.7 Å². The minimum absolute atomic E-state index is 0.328. The summed E-state index contributed by atoms with van der Waals surface area (Å²) in [5, 5.41) is 7.72. The first kappa shape index (κ1) is 11.8. The standard InChI is InChI=1S/C13H18N4/c1-11(12(2)17-9-5-8-16-17)15-10-13-6-3-4-7-14-13/h3-9,11-12,15H,10H2,1-2H3/t11-,12-/m0/s1. The summed E-state index contributed by atoms with van der Waals surface area (Å²) in [5.74, 6) is 0. The Bertz CT molecular complexity index is 424. The van der Waals surface area contributed by atoms with E-state index < -0.39 is 0 Å². The summed E-state index contributed by atoms with van der Waals surface area (Å²) in [6.45, 7) is 5.10. The van der Waals surface area contributed by atoms with E-state index in [0.29, 0.717) is 12.1 Å². The van der Waals surface area contributed by atoms with Gasteiger partial charge in [0.1, 0.15) is 0 Å². The lowest BCUT2D eigenvalue weighted by Crippen LogP contribution is -2.33. The number of nitrogens with zero attached hydrogens (tertiary/aromatic N) is 3. The van der Waals surface area contributed by atoms with Gasteiger partial charge in [-0.25, -0.2) is 0 Å². The van der Waals surface area contributed by atoms with E-state index in [1.54, 1.807) is 0 Å². The molecule has 0 aliphatic heterocycles. The molecule has 0 saturated heterocycles. The van der Waals surface area contributed by atoms with E-state index in [2.05, 4.69) is 29.2 Å². The number of rotatable bonds is 5. The van der Waals surface area contributed by atoms with E-state index in [1.165, 1.54) is 0 Å². The van der Waals surface area contributed by atoms with Crippen LogP contribution in [0, 0.1) is 0 Å². The van der Waals surface area contributed by atoms with E-state index >= 15 is 0 Å². The zero-order valence-electron chi connectivity index (χ0n) is 10.2. The third-order valence-corrected chi connectivity index (χ3v) is 3.00. The van der Waals surface area contributed by atoms with Crippen LogP contribution in [-0.4, -0.2) is 20.8 Å². The van der Waals surface area contributed by atoms with E-state index in [-0.39, 0.29) is 0 Å². The maximum Gasteiger partial charge on any atom is 0.0641 e. The largest absolute Gasteiger partial charge is 0.307 e. The molecule has 2 aromatic rings. The highest BCUT2D eigenvalue weighted by Crippen LogP contribution is 2.09. The van der Waals surface area contributed by atoms with Crippen molar-refractivity contribution in [2.24, 2.45) is 0 Å². The molecule has 0 spiro atoms. The molecule has 0 saturated carbocycles. The molecule has 2 atom stereocenters. The van der Waals surface area contributed by atoms with Crippen LogP contribution in [0.25, 0.3) is 0 Å². The van der Waals surface area contributed by atoms with Crippen LogP contribution < -0.4 is 5.32 Å². The molecule has 0 aliphatic rings. The molecule has 0 bridgehead atoms. The number of hydrogen-bond donors (Lipinski definition) is 1. The molecule has 0 aromatic carbocycles. The summed E-state index contributed by atoms with van der Waals surface area (Å²) in [7, 11) is 0. The van der Waals surface area contributed by atoms with E-state index in [0.717, 1.165) is 12.2 Å². The molecular weight excluding hydrogens is 212 g/mol. The zero-order valence-corrected chi connectivity index (χ0v) is 10.2. The summed E-state index contributed by atoms with van der Waals surface area (Å²) < 4.78 is 1.97. The van der Waals surface area contributed by atoms with Gasteiger partial charge in [0.15, 0.2) is 0 Å². The van der Waals surface area contributed by atoms with Gasteiger partial charge in [-0.2, -0.15) is 5.10 Å². The molecule has 4 heteroatoms. The minimum Gasteiger partial charge on any atom is -0.307 e. The molecule has 2 aromatic heterocycles. The lowest BCUT2D eigenvalue weighted by atomic mass is 10.1. The Morgan fingerprint density at radius 3 is 2.76 bits per heavy atom. The van der Waals surface area contributed by atoms with E-state index in [9.17, 15) is 0 Å². The van der Waals surface area contributed by atoms with E-state index in [1.807, 2.05) is 47.5 Å². The van der Waals surface area contributed by atoms with Gasteiger partial charge in [-0.3, -0.25) is 9.67 Å². The van der Waals surface area contributed by atoms with Crippen molar-refractivity contribution >= 4 is 0 Å². The van der Waals surface area contributed by atoms with Gasteiger partial charge in [0.05, 0.1) is 11.7 Å². The van der Waals surface area contributed by atoms with Crippen LogP contribution in [0.5, 0.6) is 0 Å². The van der Waals surface area contributed by atoms with Gasteiger partial charge in [0, 0.05) is 31.2 Å². The fourth-order valence-corrected chi connectivity index (χ4v) is 1.69. The van der Waals surface area contributed by atoms with Crippen molar-refractivity contribution in [2.75, 3.05) is 0 Å². The Kier molecular flexibility index (Phi) is 3.88. The third kappa shape index (κ3) is 3.14. The molecule has 0 radical (unpaired) electrons. The molecule has 0 amide bonds. The first-order chi connectivity index (χ1) is 8.27. The average molecular weight is 230 g/mol. The second-order valence-electron chi connectivity index (χ2n) is 4.22. The summed E-state index contributed by atoms with van der Waals surface area (Å²) in [5.41, 5.74) is 1.06. The molecule has 2 rings (SSSR count). The predicted octanol–water partition coefficient (Wildman–Crippen LogP) is 2.02. The number of aromatic nitrogens is 3. The summed E-state index contributed by atoms with van der Waals surface area (Å²) in [6, 6.07) is 8.58. The average Bonchev–Trinajstić information content (AvgIpc) is 2.90. The van der Waals surface area contributed by atoms with Crippen molar-refractivity contribution in [3.8, 4) is 0 Å². The highest BCUT2D eigenvalue weighted by molar-refractivity contribution is 5.03. The van der Waals surface area contributed by atoms with Crippen molar-refractivity contribution in [3.05, 3.63) is 48.5 Å². The Hall–Kier alpha value is -1.68. The summed E-state index contributed by atoms with van der Waals surface area (Å²) in [6.07, 6.45) is 5.62. The Labute approximate surface area is 102 Å². The van der Waals surface area contributed by atoms with Gasteiger partial charge in [-0.1, -0.05) is 6.07 Å². The van der Waals surface area contributed by atoms with Crippen LogP contribution >= 0.6 is 0 Å². The predicted molar refractivity (Wildman–Crippen MR) is 67.5 cm³/mol. The Morgan fingerprint density at radius 1 is 1.24 bits per heavy atom. The zero-order chi connectivity index (χ0) is 12.1. The molecule has 1 N–H and O–H groups in total. The summed E-state index contributed by atoms with van der Waals surface area (Å²) in [4.78, 5) is 4.29. The van der Waals surface area contributed by atoms with Crippen molar-refractivity contribution in [2.45, 2.75) is 32.5 Å². The van der Waals surface area contributed by atoms with Crippen LogP contribution in [0.15, 0.2) is 42.9 Å².